The molecule has 0 radical (unpaired) electrons. The van der Waals surface area contributed by atoms with Crippen molar-refractivity contribution in [3.8, 4) is 0 Å². The van der Waals surface area contributed by atoms with Gasteiger partial charge in [0.25, 0.3) is 0 Å². The van der Waals surface area contributed by atoms with Crippen LogP contribution in [0.2, 0.25) is 0 Å². The summed E-state index contributed by atoms with van der Waals surface area (Å²) in [5, 5.41) is 18.4. The van der Waals surface area contributed by atoms with E-state index in [0.717, 1.165) is 19.3 Å². The number of carboxylic acids is 2. The van der Waals surface area contributed by atoms with Crippen LogP contribution < -0.4 is 0 Å². The third-order valence-corrected chi connectivity index (χ3v) is 3.48. The second kappa shape index (κ2) is 9.75. The summed E-state index contributed by atoms with van der Waals surface area (Å²) in [6.45, 7) is 8.75. The van der Waals surface area contributed by atoms with Gasteiger partial charge < -0.3 is 10.2 Å². The van der Waals surface area contributed by atoms with Gasteiger partial charge in [-0.25, -0.2) is 0 Å². The molecule has 0 aliphatic rings. The van der Waals surface area contributed by atoms with Crippen LogP contribution in [0.3, 0.4) is 0 Å². The molecular weight excluding hydrogens is 258 g/mol. The van der Waals surface area contributed by atoms with Gasteiger partial charge in [-0.15, -0.1) is 0 Å². The summed E-state index contributed by atoms with van der Waals surface area (Å²) in [7, 11) is 0. The first kappa shape index (κ1) is 18.9. The first-order chi connectivity index (χ1) is 9.29. The van der Waals surface area contributed by atoms with Crippen molar-refractivity contribution < 1.29 is 19.8 Å². The van der Waals surface area contributed by atoms with Gasteiger partial charge >= 0.3 is 11.9 Å². The first-order valence-electron chi connectivity index (χ1n) is 7.49. The van der Waals surface area contributed by atoms with E-state index in [1.54, 1.807) is 6.92 Å². The molecule has 0 aromatic carbocycles. The number of aliphatic carboxylic acids is 2. The van der Waals surface area contributed by atoms with Crippen molar-refractivity contribution in [2.75, 3.05) is 13.1 Å². The molecule has 118 valence electrons. The molecule has 0 heterocycles. The van der Waals surface area contributed by atoms with E-state index in [2.05, 4.69) is 13.8 Å². The largest absolute Gasteiger partial charge is 0.481 e. The van der Waals surface area contributed by atoms with Crippen LogP contribution in [0.15, 0.2) is 0 Å². The highest BCUT2D eigenvalue weighted by Crippen LogP contribution is 2.15. The first-order valence-corrected chi connectivity index (χ1v) is 7.49. The zero-order chi connectivity index (χ0) is 15.7. The van der Waals surface area contributed by atoms with Crippen molar-refractivity contribution in [2.24, 2.45) is 11.8 Å². The van der Waals surface area contributed by atoms with E-state index in [-0.39, 0.29) is 0 Å². The van der Waals surface area contributed by atoms with Gasteiger partial charge in [0, 0.05) is 6.54 Å². The summed E-state index contributed by atoms with van der Waals surface area (Å²) in [6.07, 6.45) is 3.24. The lowest BCUT2D eigenvalue weighted by molar-refractivity contribution is -0.147. The van der Waals surface area contributed by atoms with E-state index < -0.39 is 23.9 Å². The van der Waals surface area contributed by atoms with Crippen LogP contribution in [0.4, 0.5) is 0 Å². The number of unbranched alkanes of at least 4 members (excludes halogenated alkanes) is 1. The van der Waals surface area contributed by atoms with Gasteiger partial charge in [0.15, 0.2) is 0 Å². The molecule has 5 heteroatoms. The normalized spacial score (nSPS) is 14.5. The van der Waals surface area contributed by atoms with Gasteiger partial charge in [-0.3, -0.25) is 14.5 Å². The molecule has 0 saturated heterocycles. The highest BCUT2D eigenvalue weighted by molar-refractivity contribution is 5.74. The van der Waals surface area contributed by atoms with E-state index in [1.165, 1.54) is 0 Å². The molecule has 0 rings (SSSR count). The van der Waals surface area contributed by atoms with Crippen LogP contribution in [0.1, 0.15) is 53.4 Å². The third-order valence-electron chi connectivity index (χ3n) is 3.48. The van der Waals surface area contributed by atoms with Gasteiger partial charge in [0.1, 0.15) is 6.04 Å². The Bertz CT molecular complexity index is 304. The fraction of sp³-hybridized carbons (Fsp3) is 0.867. The van der Waals surface area contributed by atoms with Gasteiger partial charge in [-0.05, 0) is 25.3 Å². The number of hydrogen-bond donors (Lipinski definition) is 2. The summed E-state index contributed by atoms with van der Waals surface area (Å²) in [5.74, 6) is -1.80. The SMILES string of the molecule is CCCCC(C(=O)O)N(CCC(C)C)CC(C)C(=O)O. The third kappa shape index (κ3) is 7.48. The summed E-state index contributed by atoms with van der Waals surface area (Å²) < 4.78 is 0. The minimum Gasteiger partial charge on any atom is -0.481 e. The molecular formula is C15H29NO4. The fourth-order valence-electron chi connectivity index (χ4n) is 2.09. The highest BCUT2D eigenvalue weighted by Gasteiger charge is 2.27. The van der Waals surface area contributed by atoms with Crippen molar-refractivity contribution in [3.05, 3.63) is 0 Å². The monoisotopic (exact) mass is 287 g/mol. The summed E-state index contributed by atoms with van der Waals surface area (Å²) >= 11 is 0. The van der Waals surface area contributed by atoms with Crippen LogP contribution in [-0.4, -0.2) is 46.2 Å². The molecule has 0 saturated carbocycles. The maximum absolute atomic E-state index is 11.5. The van der Waals surface area contributed by atoms with E-state index in [9.17, 15) is 14.7 Å². The summed E-state index contributed by atoms with van der Waals surface area (Å²) in [4.78, 5) is 24.3. The number of carboxylic acid groups (broad SMARTS) is 2. The Hall–Kier alpha value is -1.10. The Morgan fingerprint density at radius 2 is 1.65 bits per heavy atom. The van der Waals surface area contributed by atoms with Crippen molar-refractivity contribution in [3.63, 3.8) is 0 Å². The average Bonchev–Trinajstić information content (AvgIpc) is 2.34. The predicted octanol–water partition coefficient (Wildman–Crippen LogP) is 2.70. The van der Waals surface area contributed by atoms with Crippen LogP contribution >= 0.6 is 0 Å². The summed E-state index contributed by atoms with van der Waals surface area (Å²) in [5.41, 5.74) is 0. The van der Waals surface area contributed by atoms with E-state index in [1.807, 2.05) is 11.8 Å². The Morgan fingerprint density at radius 3 is 2.05 bits per heavy atom. The molecule has 5 nitrogen and oxygen atoms in total. The van der Waals surface area contributed by atoms with Crippen molar-refractivity contribution in [1.82, 2.24) is 4.90 Å². The lowest BCUT2D eigenvalue weighted by atomic mass is 10.0. The van der Waals surface area contributed by atoms with E-state index in [0.29, 0.717) is 25.4 Å². The van der Waals surface area contributed by atoms with Gasteiger partial charge in [0.2, 0.25) is 0 Å². The Balaban J connectivity index is 4.82. The number of hydrogen-bond acceptors (Lipinski definition) is 3. The van der Waals surface area contributed by atoms with E-state index in [4.69, 9.17) is 5.11 Å². The second-order valence-electron chi connectivity index (χ2n) is 5.91. The molecule has 0 aliphatic carbocycles. The van der Waals surface area contributed by atoms with Crippen molar-refractivity contribution >= 4 is 11.9 Å². The zero-order valence-corrected chi connectivity index (χ0v) is 13.1. The minimum absolute atomic E-state index is 0.294. The van der Waals surface area contributed by atoms with Gasteiger partial charge in [-0.1, -0.05) is 40.5 Å². The number of rotatable bonds is 11. The molecule has 0 spiro atoms. The molecule has 0 fully saturated rings. The smallest absolute Gasteiger partial charge is 0.320 e. The molecule has 0 aromatic heterocycles. The Kier molecular flexibility index (Phi) is 9.21. The van der Waals surface area contributed by atoms with E-state index >= 15 is 0 Å². The summed E-state index contributed by atoms with van der Waals surface area (Å²) in [6, 6.07) is -0.574. The second-order valence-corrected chi connectivity index (χ2v) is 5.91. The van der Waals surface area contributed by atoms with Crippen molar-refractivity contribution in [1.29, 1.82) is 0 Å². The maximum Gasteiger partial charge on any atom is 0.320 e. The highest BCUT2D eigenvalue weighted by atomic mass is 16.4. The lowest BCUT2D eigenvalue weighted by Gasteiger charge is -2.30. The molecule has 0 bridgehead atoms. The fourth-order valence-corrected chi connectivity index (χ4v) is 2.09. The Morgan fingerprint density at radius 1 is 1.05 bits per heavy atom. The maximum atomic E-state index is 11.5. The molecule has 20 heavy (non-hydrogen) atoms. The quantitative estimate of drug-likeness (QED) is 0.611. The van der Waals surface area contributed by atoms with Gasteiger partial charge in [0.05, 0.1) is 5.92 Å². The molecule has 2 unspecified atom stereocenters. The molecule has 0 aliphatic heterocycles. The number of carbonyl (C=O) groups is 2. The van der Waals surface area contributed by atoms with Crippen LogP contribution in [0, 0.1) is 11.8 Å². The Labute approximate surface area is 122 Å². The predicted molar refractivity (Wildman–Crippen MR) is 78.8 cm³/mol. The lowest BCUT2D eigenvalue weighted by Crippen LogP contribution is -2.45. The van der Waals surface area contributed by atoms with Gasteiger partial charge in [-0.2, -0.15) is 0 Å². The van der Waals surface area contributed by atoms with Crippen LogP contribution in [-0.2, 0) is 9.59 Å². The standard InChI is InChI=1S/C15H29NO4/c1-5-6-7-13(15(19)20)16(9-8-11(2)3)10-12(4)14(17)18/h11-13H,5-10H2,1-4H3,(H,17,18)(H,19,20). The zero-order valence-electron chi connectivity index (χ0n) is 13.1. The molecule has 2 atom stereocenters. The number of nitrogens with zero attached hydrogens (tertiary/aromatic N) is 1. The minimum atomic E-state index is -0.876. The molecule has 0 aromatic rings. The van der Waals surface area contributed by atoms with Crippen LogP contribution in [0.5, 0.6) is 0 Å². The van der Waals surface area contributed by atoms with Crippen molar-refractivity contribution in [2.45, 2.75) is 59.4 Å². The molecule has 2 N–H and O–H groups in total. The van der Waals surface area contributed by atoms with Crippen LogP contribution in [0.25, 0.3) is 0 Å². The average molecular weight is 287 g/mol. The molecule has 0 amide bonds. The topological polar surface area (TPSA) is 77.8 Å².